The second kappa shape index (κ2) is 5.20. The van der Waals surface area contributed by atoms with Crippen LogP contribution in [0.15, 0.2) is 56.4 Å². The molecule has 0 atom stereocenters. The highest BCUT2D eigenvalue weighted by molar-refractivity contribution is 7.95. The summed E-state index contributed by atoms with van der Waals surface area (Å²) in [7, 11) is -4.09. The molecular weight excluding hydrogens is 327 g/mol. The SMILES string of the molecule is N/C(=C1/N=Cc2ccsc2N1N)S(=O)(=O)c1cccc(F)c1. The monoisotopic (exact) mass is 338 g/mol. The molecule has 0 spiro atoms. The zero-order valence-corrected chi connectivity index (χ0v) is 12.7. The van der Waals surface area contributed by atoms with E-state index in [0.717, 1.165) is 22.7 Å². The van der Waals surface area contributed by atoms with Crippen molar-refractivity contribution in [3.63, 3.8) is 0 Å². The predicted molar refractivity (Wildman–Crippen MR) is 83.4 cm³/mol. The van der Waals surface area contributed by atoms with E-state index in [-0.39, 0.29) is 10.7 Å². The number of aliphatic imine (C=N–C) groups is 1. The van der Waals surface area contributed by atoms with Gasteiger partial charge < -0.3 is 5.73 Å². The number of thiophene rings is 1. The van der Waals surface area contributed by atoms with Crippen molar-refractivity contribution in [1.82, 2.24) is 0 Å². The van der Waals surface area contributed by atoms with E-state index < -0.39 is 20.7 Å². The van der Waals surface area contributed by atoms with Gasteiger partial charge in [0, 0.05) is 11.8 Å². The van der Waals surface area contributed by atoms with Crippen LogP contribution in [0.3, 0.4) is 0 Å². The van der Waals surface area contributed by atoms with Gasteiger partial charge in [0.15, 0.2) is 10.9 Å². The molecule has 0 unspecified atom stereocenters. The number of sulfone groups is 1. The van der Waals surface area contributed by atoms with E-state index in [4.69, 9.17) is 11.6 Å². The standard InChI is InChI=1S/C13H11FN4O2S2/c14-9-2-1-3-10(6-9)22(19,20)11(15)12-17-7-8-4-5-21-13(8)18(12)16/h1-7H,15-16H2/b12-11+. The maximum absolute atomic E-state index is 13.3. The van der Waals surface area contributed by atoms with Crippen LogP contribution in [0.5, 0.6) is 0 Å². The Morgan fingerprint density at radius 1 is 1.32 bits per heavy atom. The molecule has 1 aliphatic heterocycles. The van der Waals surface area contributed by atoms with Crippen molar-refractivity contribution >= 4 is 32.4 Å². The molecule has 0 bridgehead atoms. The van der Waals surface area contributed by atoms with E-state index >= 15 is 0 Å². The zero-order chi connectivity index (χ0) is 15.9. The van der Waals surface area contributed by atoms with Crippen LogP contribution in [0.1, 0.15) is 5.56 Å². The highest BCUT2D eigenvalue weighted by atomic mass is 32.2. The second-order valence-electron chi connectivity index (χ2n) is 4.46. The Kier molecular flexibility index (Phi) is 3.47. The molecule has 22 heavy (non-hydrogen) atoms. The van der Waals surface area contributed by atoms with Gasteiger partial charge in [0.2, 0.25) is 9.84 Å². The maximum atomic E-state index is 13.3. The summed E-state index contributed by atoms with van der Waals surface area (Å²) in [5, 5.41) is 3.02. The van der Waals surface area contributed by atoms with Crippen LogP contribution in [0.4, 0.5) is 9.39 Å². The second-order valence-corrected chi connectivity index (χ2v) is 7.27. The highest BCUT2D eigenvalue weighted by Gasteiger charge is 2.28. The number of hydrazine groups is 1. The molecule has 0 aliphatic carbocycles. The van der Waals surface area contributed by atoms with Crippen molar-refractivity contribution in [2.45, 2.75) is 4.90 Å². The lowest BCUT2D eigenvalue weighted by atomic mass is 10.3. The van der Waals surface area contributed by atoms with Crippen molar-refractivity contribution in [1.29, 1.82) is 0 Å². The smallest absolute Gasteiger partial charge is 0.225 e. The topological polar surface area (TPSA) is 102 Å². The van der Waals surface area contributed by atoms with Crippen molar-refractivity contribution in [3.8, 4) is 0 Å². The molecule has 6 nitrogen and oxygen atoms in total. The van der Waals surface area contributed by atoms with E-state index in [9.17, 15) is 12.8 Å². The van der Waals surface area contributed by atoms with Crippen molar-refractivity contribution in [2.75, 3.05) is 5.01 Å². The Balaban J connectivity index is 2.12. The molecule has 4 N–H and O–H groups in total. The van der Waals surface area contributed by atoms with Crippen LogP contribution in [-0.2, 0) is 9.84 Å². The number of nitrogens with zero attached hydrogens (tertiary/aromatic N) is 2. The first kappa shape index (κ1) is 14.7. The molecule has 0 saturated heterocycles. The van der Waals surface area contributed by atoms with Crippen molar-refractivity contribution < 1.29 is 12.8 Å². The van der Waals surface area contributed by atoms with Gasteiger partial charge in [-0.05, 0) is 29.6 Å². The van der Waals surface area contributed by atoms with Crippen LogP contribution < -0.4 is 16.6 Å². The first-order chi connectivity index (χ1) is 10.4. The van der Waals surface area contributed by atoms with Gasteiger partial charge in [-0.2, -0.15) is 0 Å². The van der Waals surface area contributed by atoms with E-state index in [1.54, 1.807) is 11.4 Å². The van der Waals surface area contributed by atoms with Crippen LogP contribution >= 0.6 is 11.3 Å². The molecule has 114 valence electrons. The normalized spacial score (nSPS) is 16.5. The van der Waals surface area contributed by atoms with Crippen molar-refractivity contribution in [3.05, 3.63) is 57.9 Å². The quantitative estimate of drug-likeness (QED) is 0.809. The van der Waals surface area contributed by atoms with E-state index in [2.05, 4.69) is 4.99 Å². The van der Waals surface area contributed by atoms with Gasteiger partial charge in [0.25, 0.3) is 0 Å². The maximum Gasteiger partial charge on any atom is 0.225 e. The Hall–Kier alpha value is -2.23. The van der Waals surface area contributed by atoms with Gasteiger partial charge in [-0.1, -0.05) is 6.07 Å². The number of anilines is 1. The summed E-state index contributed by atoms with van der Waals surface area (Å²) in [6, 6.07) is 6.40. The van der Waals surface area contributed by atoms with Gasteiger partial charge in [-0.15, -0.1) is 11.3 Å². The number of benzene rings is 1. The molecule has 2 aromatic rings. The van der Waals surface area contributed by atoms with Gasteiger partial charge in [0.05, 0.1) is 4.90 Å². The first-order valence-electron chi connectivity index (χ1n) is 6.08. The summed E-state index contributed by atoms with van der Waals surface area (Å²) in [5.74, 6) is 5.13. The fourth-order valence-corrected chi connectivity index (χ4v) is 3.93. The minimum Gasteiger partial charge on any atom is -0.386 e. The summed E-state index contributed by atoms with van der Waals surface area (Å²) in [6.45, 7) is 0. The average Bonchev–Trinajstić information content (AvgIpc) is 2.96. The first-order valence-corrected chi connectivity index (χ1v) is 8.44. The van der Waals surface area contributed by atoms with Crippen LogP contribution in [0.2, 0.25) is 0 Å². The molecule has 9 heteroatoms. The minimum absolute atomic E-state index is 0.0980. The summed E-state index contributed by atoms with van der Waals surface area (Å²) < 4.78 is 38.2. The Labute approximate surface area is 130 Å². The highest BCUT2D eigenvalue weighted by Crippen LogP contribution is 2.32. The number of hydrogen-bond acceptors (Lipinski definition) is 7. The zero-order valence-electron chi connectivity index (χ0n) is 11.1. The molecular formula is C13H11FN4O2S2. The molecule has 2 heterocycles. The molecule has 0 radical (unpaired) electrons. The minimum atomic E-state index is -4.09. The van der Waals surface area contributed by atoms with Gasteiger partial charge in [-0.3, -0.25) is 0 Å². The van der Waals surface area contributed by atoms with E-state index in [0.29, 0.717) is 5.00 Å². The number of hydrogen-bond donors (Lipinski definition) is 2. The molecule has 0 saturated carbocycles. The molecule has 1 aromatic carbocycles. The third-order valence-electron chi connectivity index (χ3n) is 3.06. The summed E-state index contributed by atoms with van der Waals surface area (Å²) >= 11 is 1.33. The number of fused-ring (bicyclic) bond motifs is 1. The largest absolute Gasteiger partial charge is 0.386 e. The molecule has 3 rings (SSSR count). The number of halogens is 1. The Bertz CT molecular complexity index is 902. The lowest BCUT2D eigenvalue weighted by molar-refractivity contribution is 0.595. The lowest BCUT2D eigenvalue weighted by Crippen LogP contribution is -2.35. The fraction of sp³-hybridized carbons (Fsp3) is 0. The van der Waals surface area contributed by atoms with Crippen LogP contribution in [-0.4, -0.2) is 14.6 Å². The fourth-order valence-electron chi connectivity index (χ4n) is 1.96. The Morgan fingerprint density at radius 2 is 2.09 bits per heavy atom. The molecule has 0 fully saturated rings. The van der Waals surface area contributed by atoms with Gasteiger partial charge >= 0.3 is 0 Å². The van der Waals surface area contributed by atoms with Crippen molar-refractivity contribution in [2.24, 2.45) is 16.6 Å². The molecule has 0 amide bonds. The summed E-state index contributed by atoms with van der Waals surface area (Å²) in [4.78, 5) is 3.75. The van der Waals surface area contributed by atoms with Gasteiger partial charge in [0.1, 0.15) is 10.8 Å². The predicted octanol–water partition coefficient (Wildman–Crippen LogP) is 1.56. The number of rotatable bonds is 2. The van der Waals surface area contributed by atoms with Gasteiger partial charge in [-0.25, -0.2) is 28.7 Å². The van der Waals surface area contributed by atoms with E-state index in [1.165, 1.54) is 29.7 Å². The summed E-state index contributed by atoms with van der Waals surface area (Å²) in [5.41, 5.74) is 6.53. The van der Waals surface area contributed by atoms with Crippen LogP contribution in [0, 0.1) is 5.82 Å². The third kappa shape index (κ3) is 2.28. The Morgan fingerprint density at radius 3 is 2.82 bits per heavy atom. The lowest BCUT2D eigenvalue weighted by Gasteiger charge is -2.22. The average molecular weight is 338 g/mol. The third-order valence-corrected chi connectivity index (χ3v) is 5.63. The van der Waals surface area contributed by atoms with E-state index in [1.807, 2.05) is 0 Å². The number of nitrogens with two attached hydrogens (primary N) is 2. The molecule has 1 aliphatic rings. The molecule has 1 aromatic heterocycles. The van der Waals surface area contributed by atoms with Crippen LogP contribution in [0.25, 0.3) is 0 Å². The summed E-state index contributed by atoms with van der Waals surface area (Å²) in [6.07, 6.45) is 1.48.